The molecular formula is C31H31F3O3. The molecule has 4 rings (SSSR count). The lowest BCUT2D eigenvalue weighted by atomic mass is 9.89. The Morgan fingerprint density at radius 2 is 1.65 bits per heavy atom. The molecule has 0 fully saturated rings. The van der Waals surface area contributed by atoms with Crippen LogP contribution in [0, 0.1) is 23.4 Å². The first-order valence-corrected chi connectivity index (χ1v) is 12.8. The molecule has 1 aliphatic rings. The van der Waals surface area contributed by atoms with Crippen LogP contribution in [0.5, 0.6) is 5.75 Å². The van der Waals surface area contributed by atoms with Gasteiger partial charge in [0.05, 0.1) is 12.2 Å². The highest BCUT2D eigenvalue weighted by molar-refractivity contribution is 5.91. The number of carbonyl (C=O) groups excluding carboxylic acids is 1. The number of benzene rings is 3. The minimum absolute atomic E-state index is 0.102. The van der Waals surface area contributed by atoms with Crippen molar-refractivity contribution in [1.29, 1.82) is 0 Å². The molecule has 37 heavy (non-hydrogen) atoms. The number of rotatable bonds is 9. The number of unbranched alkanes of at least 4 members (excludes halogenated alkanes) is 1. The number of carbonyl (C=O) groups is 1. The minimum atomic E-state index is -1.03. The molecule has 0 bridgehead atoms. The topological polar surface area (TPSA) is 35.5 Å². The summed E-state index contributed by atoms with van der Waals surface area (Å²) in [7, 11) is 0. The molecule has 1 aliphatic carbocycles. The zero-order valence-corrected chi connectivity index (χ0v) is 21.2. The van der Waals surface area contributed by atoms with Gasteiger partial charge in [-0.15, -0.1) is 0 Å². The second-order valence-corrected chi connectivity index (χ2v) is 9.29. The number of allylic oxidation sites excluding steroid dienone is 2. The monoisotopic (exact) mass is 508 g/mol. The molecule has 194 valence electrons. The highest BCUT2D eigenvalue weighted by Crippen LogP contribution is 2.32. The number of ether oxygens (including phenoxy) is 2. The summed E-state index contributed by atoms with van der Waals surface area (Å²) in [6.45, 7) is 4.10. The van der Waals surface area contributed by atoms with Gasteiger partial charge in [-0.3, -0.25) is 0 Å². The Balaban J connectivity index is 1.45. The van der Waals surface area contributed by atoms with E-state index in [1.807, 2.05) is 6.08 Å². The van der Waals surface area contributed by atoms with E-state index < -0.39 is 23.4 Å². The Labute approximate surface area is 215 Å². The fourth-order valence-electron chi connectivity index (χ4n) is 4.61. The Bertz CT molecular complexity index is 1280. The van der Waals surface area contributed by atoms with E-state index in [1.54, 1.807) is 37.3 Å². The standard InChI is InChI=1S/C31H31F3O3/c1-3-5-6-20-7-14-24(15-8-20)37-31(35)26-16-13-23(19-27(26)32)21-9-11-22(12-10-21)25-17-18-28(36-4-2)30(34)29(25)33/h9-14,16-20H,3-8,15H2,1-2H3. The number of halogens is 3. The molecule has 3 aromatic carbocycles. The van der Waals surface area contributed by atoms with Crippen LogP contribution in [0.2, 0.25) is 0 Å². The van der Waals surface area contributed by atoms with Crippen LogP contribution in [-0.2, 0) is 4.74 Å². The van der Waals surface area contributed by atoms with Gasteiger partial charge in [-0.05, 0) is 72.7 Å². The third-order valence-electron chi connectivity index (χ3n) is 6.73. The SMILES string of the molecule is CCCCC1CC=C(OC(=O)c2ccc(-c3ccc(-c4ccc(OCC)c(F)c4F)cc3)cc2F)CC1. The van der Waals surface area contributed by atoms with Crippen LogP contribution in [-0.4, -0.2) is 12.6 Å². The summed E-state index contributed by atoms with van der Waals surface area (Å²) in [5.74, 6) is -2.31. The van der Waals surface area contributed by atoms with E-state index in [2.05, 4.69) is 6.92 Å². The van der Waals surface area contributed by atoms with E-state index in [0.717, 1.165) is 12.8 Å². The Morgan fingerprint density at radius 1 is 0.919 bits per heavy atom. The van der Waals surface area contributed by atoms with Crippen molar-refractivity contribution in [2.45, 2.75) is 52.4 Å². The normalized spacial score (nSPS) is 15.3. The molecule has 0 amide bonds. The van der Waals surface area contributed by atoms with E-state index in [4.69, 9.17) is 9.47 Å². The van der Waals surface area contributed by atoms with E-state index in [9.17, 15) is 18.0 Å². The maximum absolute atomic E-state index is 14.9. The van der Waals surface area contributed by atoms with Crippen molar-refractivity contribution in [3.8, 4) is 28.0 Å². The van der Waals surface area contributed by atoms with Crippen molar-refractivity contribution in [2.75, 3.05) is 6.61 Å². The maximum atomic E-state index is 14.9. The van der Waals surface area contributed by atoms with Gasteiger partial charge in [0.25, 0.3) is 0 Å². The van der Waals surface area contributed by atoms with Gasteiger partial charge in [0.15, 0.2) is 11.6 Å². The van der Waals surface area contributed by atoms with Crippen molar-refractivity contribution in [2.24, 2.45) is 5.92 Å². The number of hydrogen-bond donors (Lipinski definition) is 0. The van der Waals surface area contributed by atoms with E-state index >= 15 is 0 Å². The van der Waals surface area contributed by atoms with Gasteiger partial charge in [-0.1, -0.05) is 56.5 Å². The average molecular weight is 509 g/mol. The van der Waals surface area contributed by atoms with Gasteiger partial charge in [0.2, 0.25) is 5.82 Å². The van der Waals surface area contributed by atoms with Gasteiger partial charge in [0, 0.05) is 12.0 Å². The molecule has 0 heterocycles. The second-order valence-electron chi connectivity index (χ2n) is 9.29. The van der Waals surface area contributed by atoms with Crippen LogP contribution >= 0.6 is 0 Å². The van der Waals surface area contributed by atoms with E-state index in [-0.39, 0.29) is 23.5 Å². The second kappa shape index (κ2) is 12.1. The molecule has 3 nitrogen and oxygen atoms in total. The van der Waals surface area contributed by atoms with Crippen LogP contribution in [0.1, 0.15) is 62.7 Å². The van der Waals surface area contributed by atoms with Crippen LogP contribution in [0.3, 0.4) is 0 Å². The van der Waals surface area contributed by atoms with Crippen LogP contribution in [0.4, 0.5) is 13.2 Å². The summed E-state index contributed by atoms with van der Waals surface area (Å²) in [5, 5.41) is 0. The molecule has 1 atom stereocenters. The van der Waals surface area contributed by atoms with Gasteiger partial charge in [-0.25, -0.2) is 13.6 Å². The third-order valence-corrected chi connectivity index (χ3v) is 6.73. The first-order valence-electron chi connectivity index (χ1n) is 12.8. The predicted molar refractivity (Wildman–Crippen MR) is 139 cm³/mol. The van der Waals surface area contributed by atoms with Crippen molar-refractivity contribution < 1.29 is 27.4 Å². The van der Waals surface area contributed by atoms with Gasteiger partial charge in [-0.2, -0.15) is 4.39 Å². The summed E-state index contributed by atoms with van der Waals surface area (Å²) in [6.07, 6.45) is 8.04. The minimum Gasteiger partial charge on any atom is -0.491 e. The molecule has 0 radical (unpaired) electrons. The highest BCUT2D eigenvalue weighted by atomic mass is 19.2. The molecule has 0 aromatic heterocycles. The quantitative estimate of drug-likeness (QED) is 0.271. The van der Waals surface area contributed by atoms with Gasteiger partial charge < -0.3 is 9.47 Å². The Morgan fingerprint density at radius 3 is 2.30 bits per heavy atom. The fourth-order valence-corrected chi connectivity index (χ4v) is 4.61. The van der Waals surface area contributed by atoms with Crippen molar-refractivity contribution in [1.82, 2.24) is 0 Å². The van der Waals surface area contributed by atoms with Gasteiger partial charge >= 0.3 is 5.97 Å². The molecule has 0 aliphatic heterocycles. The van der Waals surface area contributed by atoms with Crippen molar-refractivity contribution >= 4 is 5.97 Å². The lowest BCUT2D eigenvalue weighted by Gasteiger charge is -2.21. The van der Waals surface area contributed by atoms with Crippen LogP contribution in [0.15, 0.2) is 66.4 Å². The summed E-state index contributed by atoms with van der Waals surface area (Å²) < 4.78 is 54.2. The van der Waals surface area contributed by atoms with E-state index in [1.165, 1.54) is 43.5 Å². The first-order chi connectivity index (χ1) is 17.9. The largest absolute Gasteiger partial charge is 0.491 e. The summed E-state index contributed by atoms with van der Waals surface area (Å²) >= 11 is 0. The fraction of sp³-hybridized carbons (Fsp3) is 0.323. The lowest BCUT2D eigenvalue weighted by molar-refractivity contribution is 0.0597. The molecule has 1 unspecified atom stereocenters. The summed E-state index contributed by atoms with van der Waals surface area (Å²) in [4.78, 5) is 12.6. The lowest BCUT2D eigenvalue weighted by Crippen LogP contribution is -2.12. The van der Waals surface area contributed by atoms with Gasteiger partial charge in [0.1, 0.15) is 11.6 Å². The van der Waals surface area contributed by atoms with Crippen LogP contribution in [0.25, 0.3) is 22.3 Å². The average Bonchev–Trinajstić information content (AvgIpc) is 2.91. The predicted octanol–water partition coefficient (Wildman–Crippen LogP) is 8.87. The Hall–Kier alpha value is -3.54. The maximum Gasteiger partial charge on any atom is 0.346 e. The van der Waals surface area contributed by atoms with Crippen molar-refractivity contribution in [3.05, 3.63) is 89.4 Å². The Kier molecular flexibility index (Phi) is 8.70. The molecule has 0 N–H and O–H groups in total. The number of hydrogen-bond acceptors (Lipinski definition) is 3. The third kappa shape index (κ3) is 6.24. The smallest absolute Gasteiger partial charge is 0.346 e. The summed E-state index contributed by atoms with van der Waals surface area (Å²) in [6, 6.07) is 13.8. The molecular weight excluding hydrogens is 477 g/mol. The van der Waals surface area contributed by atoms with Crippen molar-refractivity contribution in [3.63, 3.8) is 0 Å². The molecule has 0 saturated carbocycles. The number of esters is 1. The highest BCUT2D eigenvalue weighted by Gasteiger charge is 2.20. The van der Waals surface area contributed by atoms with E-state index in [0.29, 0.717) is 34.8 Å². The van der Waals surface area contributed by atoms with Crippen LogP contribution < -0.4 is 4.74 Å². The zero-order valence-electron chi connectivity index (χ0n) is 21.2. The molecule has 0 saturated heterocycles. The molecule has 0 spiro atoms. The zero-order chi connectivity index (χ0) is 26.4. The molecule has 3 aromatic rings. The summed E-state index contributed by atoms with van der Waals surface area (Å²) in [5.41, 5.74) is 1.67. The molecule has 6 heteroatoms. The first kappa shape index (κ1) is 26.5.